The van der Waals surface area contributed by atoms with Crippen molar-refractivity contribution in [3.8, 4) is 0 Å². The van der Waals surface area contributed by atoms with Gasteiger partial charge in [0.05, 0.1) is 6.20 Å². The van der Waals surface area contributed by atoms with Crippen LogP contribution in [0.15, 0.2) is 17.3 Å². The zero-order chi connectivity index (χ0) is 12.5. The van der Waals surface area contributed by atoms with E-state index in [1.165, 1.54) is 16.7 Å². The van der Waals surface area contributed by atoms with Gasteiger partial charge in [0, 0.05) is 25.2 Å². The molecule has 1 aliphatic heterocycles. The molecule has 2 rings (SSSR count). The summed E-state index contributed by atoms with van der Waals surface area (Å²) in [7, 11) is -3.44. The molecule has 1 aromatic rings. The SMILES string of the molecule is CC(=O)C1CCN(S(=O)(=O)c2cn[nH]c2)CC1. The standard InChI is InChI=1S/C10H15N3O3S/c1-8(14)9-2-4-13(5-3-9)17(15,16)10-6-11-12-7-10/h6-7,9H,2-5H2,1H3,(H,11,12). The molecule has 0 atom stereocenters. The van der Waals surface area contributed by atoms with E-state index < -0.39 is 10.0 Å². The molecule has 0 spiro atoms. The highest BCUT2D eigenvalue weighted by Gasteiger charge is 2.31. The first-order valence-electron chi connectivity index (χ1n) is 5.51. The maximum Gasteiger partial charge on any atom is 0.246 e. The van der Waals surface area contributed by atoms with Gasteiger partial charge in [0.15, 0.2) is 0 Å². The van der Waals surface area contributed by atoms with Crippen molar-refractivity contribution in [2.75, 3.05) is 13.1 Å². The smallest absolute Gasteiger partial charge is 0.246 e. The molecule has 0 saturated carbocycles. The molecule has 0 bridgehead atoms. The zero-order valence-corrected chi connectivity index (χ0v) is 10.4. The summed E-state index contributed by atoms with van der Waals surface area (Å²) in [5, 5.41) is 6.13. The van der Waals surface area contributed by atoms with Crippen molar-refractivity contribution >= 4 is 15.8 Å². The first-order valence-corrected chi connectivity index (χ1v) is 6.95. The van der Waals surface area contributed by atoms with Gasteiger partial charge < -0.3 is 0 Å². The van der Waals surface area contributed by atoms with E-state index >= 15 is 0 Å². The van der Waals surface area contributed by atoms with Crippen molar-refractivity contribution in [1.29, 1.82) is 0 Å². The lowest BCUT2D eigenvalue weighted by Crippen LogP contribution is -2.39. The third-order valence-electron chi connectivity index (χ3n) is 3.14. The fourth-order valence-electron chi connectivity index (χ4n) is 2.03. The van der Waals surface area contributed by atoms with Crippen molar-refractivity contribution < 1.29 is 13.2 Å². The minimum absolute atomic E-state index is 0.00537. The number of hydrogen-bond acceptors (Lipinski definition) is 4. The van der Waals surface area contributed by atoms with Crippen LogP contribution in [0.5, 0.6) is 0 Å². The van der Waals surface area contributed by atoms with Crippen molar-refractivity contribution in [3.63, 3.8) is 0 Å². The van der Waals surface area contributed by atoms with Crippen LogP contribution in [0.2, 0.25) is 0 Å². The highest BCUT2D eigenvalue weighted by molar-refractivity contribution is 7.89. The molecule has 0 aromatic carbocycles. The van der Waals surface area contributed by atoms with E-state index in [0.717, 1.165) is 0 Å². The number of hydrogen-bond donors (Lipinski definition) is 1. The lowest BCUT2D eigenvalue weighted by atomic mass is 9.95. The molecule has 0 radical (unpaired) electrons. The van der Waals surface area contributed by atoms with Gasteiger partial charge in [-0.05, 0) is 19.8 Å². The van der Waals surface area contributed by atoms with E-state index in [4.69, 9.17) is 0 Å². The van der Waals surface area contributed by atoms with Gasteiger partial charge in [0.25, 0.3) is 0 Å². The van der Waals surface area contributed by atoms with E-state index in [2.05, 4.69) is 10.2 Å². The van der Waals surface area contributed by atoms with E-state index in [9.17, 15) is 13.2 Å². The quantitative estimate of drug-likeness (QED) is 0.849. The van der Waals surface area contributed by atoms with Gasteiger partial charge in [-0.3, -0.25) is 9.89 Å². The Hall–Kier alpha value is -1.21. The summed E-state index contributed by atoms with van der Waals surface area (Å²) in [4.78, 5) is 11.4. The number of rotatable bonds is 3. The molecule has 0 unspecified atom stereocenters. The van der Waals surface area contributed by atoms with Crippen LogP contribution in [-0.4, -0.2) is 41.8 Å². The normalized spacial score (nSPS) is 19.4. The number of aromatic nitrogens is 2. The van der Waals surface area contributed by atoms with Crippen molar-refractivity contribution in [2.24, 2.45) is 5.92 Å². The predicted molar refractivity (Wildman–Crippen MR) is 60.8 cm³/mol. The third-order valence-corrected chi connectivity index (χ3v) is 5.00. The summed E-state index contributed by atoms with van der Waals surface area (Å²) in [5.41, 5.74) is 0. The molecule has 2 heterocycles. The van der Waals surface area contributed by atoms with Crippen molar-refractivity contribution in [3.05, 3.63) is 12.4 Å². The molecule has 1 saturated heterocycles. The fraction of sp³-hybridized carbons (Fsp3) is 0.600. The Morgan fingerprint density at radius 1 is 1.47 bits per heavy atom. The van der Waals surface area contributed by atoms with Crippen molar-refractivity contribution in [1.82, 2.24) is 14.5 Å². The predicted octanol–water partition coefficient (Wildman–Crippen LogP) is 0.399. The minimum atomic E-state index is -3.44. The van der Waals surface area contributed by atoms with Crippen LogP contribution < -0.4 is 0 Å². The van der Waals surface area contributed by atoms with Gasteiger partial charge in [0.2, 0.25) is 10.0 Å². The number of nitrogens with one attached hydrogen (secondary N) is 1. The molecule has 0 amide bonds. The highest BCUT2D eigenvalue weighted by Crippen LogP contribution is 2.23. The number of aromatic amines is 1. The molecule has 94 valence electrons. The highest BCUT2D eigenvalue weighted by atomic mass is 32.2. The lowest BCUT2D eigenvalue weighted by Gasteiger charge is -2.29. The summed E-state index contributed by atoms with van der Waals surface area (Å²) in [6, 6.07) is 0. The number of carbonyl (C=O) groups is 1. The first-order chi connectivity index (χ1) is 8.01. The molecule has 1 N–H and O–H groups in total. The summed E-state index contributed by atoms with van der Waals surface area (Å²) in [6.45, 7) is 2.36. The number of H-pyrrole nitrogens is 1. The van der Waals surface area contributed by atoms with Gasteiger partial charge >= 0.3 is 0 Å². The average Bonchev–Trinajstić information content (AvgIpc) is 2.83. The van der Waals surface area contributed by atoms with Crippen LogP contribution in [-0.2, 0) is 14.8 Å². The largest absolute Gasteiger partial charge is 0.300 e. The first kappa shape index (κ1) is 12.3. The maximum atomic E-state index is 12.1. The minimum Gasteiger partial charge on any atom is -0.300 e. The number of piperidine rings is 1. The van der Waals surface area contributed by atoms with Crippen LogP contribution in [0.3, 0.4) is 0 Å². The number of ketones is 1. The molecule has 0 aliphatic carbocycles. The zero-order valence-electron chi connectivity index (χ0n) is 9.59. The van der Waals surface area contributed by atoms with Gasteiger partial charge in [0.1, 0.15) is 10.7 Å². The Kier molecular flexibility index (Phi) is 3.30. The summed E-state index contributed by atoms with van der Waals surface area (Å²) >= 11 is 0. The Balaban J connectivity index is 2.09. The van der Waals surface area contributed by atoms with E-state index in [1.807, 2.05) is 0 Å². The van der Waals surface area contributed by atoms with Gasteiger partial charge in [-0.2, -0.15) is 9.40 Å². The van der Waals surface area contributed by atoms with Gasteiger partial charge in [-0.25, -0.2) is 8.42 Å². The fourth-order valence-corrected chi connectivity index (χ4v) is 3.41. The summed E-state index contributed by atoms with van der Waals surface area (Å²) < 4.78 is 25.6. The third kappa shape index (κ3) is 2.39. The molecule has 17 heavy (non-hydrogen) atoms. The van der Waals surface area contributed by atoms with Crippen LogP contribution in [0, 0.1) is 5.92 Å². The molecule has 1 aliphatic rings. The van der Waals surface area contributed by atoms with Crippen LogP contribution in [0.4, 0.5) is 0 Å². The monoisotopic (exact) mass is 257 g/mol. The van der Waals surface area contributed by atoms with Gasteiger partial charge in [-0.15, -0.1) is 0 Å². The molecule has 7 heteroatoms. The Bertz CT molecular complexity index is 487. The molecule has 1 fully saturated rings. The van der Waals surface area contributed by atoms with Crippen molar-refractivity contribution in [2.45, 2.75) is 24.7 Å². The molecule has 1 aromatic heterocycles. The molecular weight excluding hydrogens is 242 g/mol. The van der Waals surface area contributed by atoms with E-state index in [0.29, 0.717) is 25.9 Å². The number of nitrogens with zero attached hydrogens (tertiary/aromatic N) is 2. The van der Waals surface area contributed by atoms with Crippen LogP contribution in [0.25, 0.3) is 0 Å². The van der Waals surface area contributed by atoms with E-state index in [-0.39, 0.29) is 16.6 Å². The number of carbonyl (C=O) groups excluding carboxylic acids is 1. The summed E-state index contributed by atoms with van der Waals surface area (Å²) in [5.74, 6) is 0.149. The Morgan fingerprint density at radius 2 is 2.12 bits per heavy atom. The van der Waals surface area contributed by atoms with Crippen LogP contribution >= 0.6 is 0 Å². The number of Topliss-reactive ketones (excluding diaryl/α,β-unsaturated/α-hetero) is 1. The lowest BCUT2D eigenvalue weighted by molar-refractivity contribution is -0.121. The molecule has 6 nitrogen and oxygen atoms in total. The van der Waals surface area contributed by atoms with E-state index in [1.54, 1.807) is 6.92 Å². The maximum absolute atomic E-state index is 12.1. The van der Waals surface area contributed by atoms with Crippen LogP contribution in [0.1, 0.15) is 19.8 Å². The average molecular weight is 257 g/mol. The Labute approximate surface area is 100 Å². The summed E-state index contributed by atoms with van der Waals surface area (Å²) in [6.07, 6.45) is 3.87. The topological polar surface area (TPSA) is 83.1 Å². The number of sulfonamides is 1. The molecular formula is C10H15N3O3S. The Morgan fingerprint density at radius 3 is 2.59 bits per heavy atom. The second-order valence-electron chi connectivity index (χ2n) is 4.22. The second kappa shape index (κ2) is 4.58. The van der Waals surface area contributed by atoms with Gasteiger partial charge in [-0.1, -0.05) is 0 Å². The second-order valence-corrected chi connectivity index (χ2v) is 6.16.